The third kappa shape index (κ3) is 1.02. The fourth-order valence-electron chi connectivity index (χ4n) is 2.72. The van der Waals surface area contributed by atoms with Gasteiger partial charge in [0.15, 0.2) is 0 Å². The van der Waals surface area contributed by atoms with Crippen LogP contribution < -0.4 is 0 Å². The molecule has 1 nitrogen and oxygen atoms in total. The molecule has 2 aliphatic carbocycles. The molecule has 2 fully saturated rings. The van der Waals surface area contributed by atoms with Gasteiger partial charge in [0.25, 0.3) is 0 Å². The molecule has 3 rings (SSSR count). The average Bonchev–Trinajstić information content (AvgIpc) is 2.66. The van der Waals surface area contributed by atoms with Crippen molar-refractivity contribution < 1.29 is 5.11 Å². The van der Waals surface area contributed by atoms with Crippen LogP contribution in [0.15, 0.2) is 12.1 Å². The van der Waals surface area contributed by atoms with Gasteiger partial charge in [-0.1, -0.05) is 0 Å². The molecule has 1 aromatic heterocycles. The summed E-state index contributed by atoms with van der Waals surface area (Å²) in [6.45, 7) is 2.11. The number of hydrogen-bond acceptors (Lipinski definition) is 2. The summed E-state index contributed by atoms with van der Waals surface area (Å²) in [5.74, 6) is 1.43. The Hall–Kier alpha value is -0.340. The second-order valence-corrected chi connectivity index (χ2v) is 5.76. The molecule has 2 saturated carbocycles. The summed E-state index contributed by atoms with van der Waals surface area (Å²) in [5.41, 5.74) is -0.441. The first kappa shape index (κ1) is 8.01. The van der Waals surface area contributed by atoms with Gasteiger partial charge in [0.05, 0.1) is 0 Å². The molecule has 13 heavy (non-hydrogen) atoms. The standard InChI is InChI=1S/C11H14OS/c1-7-2-3-10(13-7)11(12)5-4-8-6-9(8)11/h2-3,8-9,12H,4-6H2,1H3. The van der Waals surface area contributed by atoms with E-state index in [1.54, 1.807) is 11.3 Å². The summed E-state index contributed by atoms with van der Waals surface area (Å²) in [5, 5.41) is 10.5. The van der Waals surface area contributed by atoms with Crippen molar-refractivity contribution in [1.29, 1.82) is 0 Å². The lowest BCUT2D eigenvalue weighted by atomic mass is 9.96. The summed E-state index contributed by atoms with van der Waals surface area (Å²) in [7, 11) is 0. The van der Waals surface area contributed by atoms with Crippen LogP contribution in [0.1, 0.15) is 29.0 Å². The Bertz CT molecular complexity index is 344. The maximum absolute atomic E-state index is 10.5. The molecule has 1 aromatic rings. The van der Waals surface area contributed by atoms with E-state index in [4.69, 9.17) is 0 Å². The lowest BCUT2D eigenvalue weighted by Gasteiger charge is -2.22. The van der Waals surface area contributed by atoms with E-state index in [-0.39, 0.29) is 0 Å². The lowest BCUT2D eigenvalue weighted by molar-refractivity contribution is 0.0244. The second kappa shape index (κ2) is 2.37. The quantitative estimate of drug-likeness (QED) is 0.728. The fourth-order valence-corrected chi connectivity index (χ4v) is 3.76. The van der Waals surface area contributed by atoms with Crippen LogP contribution in [-0.4, -0.2) is 5.11 Å². The van der Waals surface area contributed by atoms with Gasteiger partial charge in [0.2, 0.25) is 0 Å². The van der Waals surface area contributed by atoms with Crippen molar-refractivity contribution in [3.05, 3.63) is 21.9 Å². The van der Waals surface area contributed by atoms with Crippen LogP contribution in [0.3, 0.4) is 0 Å². The Morgan fingerprint density at radius 2 is 2.38 bits per heavy atom. The molecule has 2 aliphatic rings. The van der Waals surface area contributed by atoms with E-state index in [0.29, 0.717) is 5.92 Å². The molecule has 70 valence electrons. The number of fused-ring (bicyclic) bond motifs is 1. The third-order valence-electron chi connectivity index (χ3n) is 3.60. The van der Waals surface area contributed by atoms with Gasteiger partial charge in [-0.25, -0.2) is 0 Å². The zero-order chi connectivity index (χ0) is 9.05. The van der Waals surface area contributed by atoms with Crippen molar-refractivity contribution in [2.75, 3.05) is 0 Å². The lowest BCUT2D eigenvalue weighted by Crippen LogP contribution is -2.23. The summed E-state index contributed by atoms with van der Waals surface area (Å²) in [6.07, 6.45) is 3.48. The summed E-state index contributed by atoms with van der Waals surface area (Å²) in [4.78, 5) is 2.52. The van der Waals surface area contributed by atoms with Crippen molar-refractivity contribution in [1.82, 2.24) is 0 Å². The first-order chi connectivity index (χ1) is 6.20. The van der Waals surface area contributed by atoms with Gasteiger partial charge in [-0.15, -0.1) is 11.3 Å². The highest BCUT2D eigenvalue weighted by Crippen LogP contribution is 2.62. The molecule has 1 N–H and O–H groups in total. The van der Waals surface area contributed by atoms with E-state index in [0.717, 1.165) is 12.3 Å². The van der Waals surface area contributed by atoms with Crippen LogP contribution >= 0.6 is 11.3 Å². The molecule has 3 atom stereocenters. The van der Waals surface area contributed by atoms with Crippen LogP contribution in [0.4, 0.5) is 0 Å². The minimum absolute atomic E-state index is 0.441. The molecular weight excluding hydrogens is 180 g/mol. The van der Waals surface area contributed by atoms with Gasteiger partial charge in [0, 0.05) is 9.75 Å². The molecule has 3 unspecified atom stereocenters. The molecule has 0 aliphatic heterocycles. The van der Waals surface area contributed by atoms with Crippen molar-refractivity contribution in [3.8, 4) is 0 Å². The molecular formula is C11H14OS. The third-order valence-corrected chi connectivity index (χ3v) is 4.77. The van der Waals surface area contributed by atoms with Gasteiger partial charge < -0.3 is 5.11 Å². The summed E-state index contributed by atoms with van der Waals surface area (Å²) >= 11 is 1.76. The van der Waals surface area contributed by atoms with E-state index in [2.05, 4.69) is 19.1 Å². The molecule has 0 bridgehead atoms. The minimum Gasteiger partial charge on any atom is -0.384 e. The Balaban J connectivity index is 1.99. The summed E-state index contributed by atoms with van der Waals surface area (Å²) in [6, 6.07) is 4.23. The van der Waals surface area contributed by atoms with E-state index in [1.807, 2.05) is 0 Å². The van der Waals surface area contributed by atoms with Crippen LogP contribution in [0.5, 0.6) is 0 Å². The van der Waals surface area contributed by atoms with Crippen LogP contribution in [0.25, 0.3) is 0 Å². The average molecular weight is 194 g/mol. The smallest absolute Gasteiger partial charge is 0.102 e. The topological polar surface area (TPSA) is 20.2 Å². The predicted octanol–water partition coefficient (Wildman–Crippen LogP) is 2.67. The Labute approximate surface area is 82.4 Å². The molecule has 0 amide bonds. The first-order valence-corrected chi connectivity index (χ1v) is 5.81. The van der Waals surface area contributed by atoms with Gasteiger partial charge in [-0.05, 0) is 50.2 Å². The van der Waals surface area contributed by atoms with Gasteiger partial charge in [-0.2, -0.15) is 0 Å². The van der Waals surface area contributed by atoms with E-state index in [1.165, 1.54) is 22.6 Å². The van der Waals surface area contributed by atoms with Crippen LogP contribution in [-0.2, 0) is 5.60 Å². The molecule has 0 saturated heterocycles. The highest BCUT2D eigenvalue weighted by atomic mass is 32.1. The second-order valence-electron chi connectivity index (χ2n) is 4.48. The fraction of sp³-hybridized carbons (Fsp3) is 0.636. The predicted molar refractivity (Wildman–Crippen MR) is 53.8 cm³/mol. The Morgan fingerprint density at radius 1 is 1.54 bits per heavy atom. The van der Waals surface area contributed by atoms with E-state index >= 15 is 0 Å². The monoisotopic (exact) mass is 194 g/mol. The minimum atomic E-state index is -0.441. The van der Waals surface area contributed by atoms with Crippen molar-refractivity contribution >= 4 is 11.3 Å². The highest BCUT2D eigenvalue weighted by Gasteiger charge is 2.58. The molecule has 0 spiro atoms. The number of rotatable bonds is 1. The van der Waals surface area contributed by atoms with Crippen LogP contribution in [0, 0.1) is 18.8 Å². The SMILES string of the molecule is Cc1ccc(C2(O)CCC3CC32)s1. The van der Waals surface area contributed by atoms with Crippen molar-refractivity contribution in [2.45, 2.75) is 31.8 Å². The number of aryl methyl sites for hydroxylation is 1. The molecule has 0 aromatic carbocycles. The van der Waals surface area contributed by atoms with Crippen molar-refractivity contribution in [3.63, 3.8) is 0 Å². The van der Waals surface area contributed by atoms with Gasteiger partial charge in [0.1, 0.15) is 5.60 Å². The highest BCUT2D eigenvalue weighted by molar-refractivity contribution is 7.12. The molecule has 0 radical (unpaired) electrons. The van der Waals surface area contributed by atoms with E-state index < -0.39 is 5.60 Å². The zero-order valence-electron chi connectivity index (χ0n) is 7.79. The first-order valence-electron chi connectivity index (χ1n) is 4.99. The normalized spacial score (nSPS) is 42.0. The molecule has 1 heterocycles. The summed E-state index contributed by atoms with van der Waals surface area (Å²) < 4.78 is 0. The Kier molecular flexibility index (Phi) is 1.46. The van der Waals surface area contributed by atoms with Gasteiger partial charge in [-0.3, -0.25) is 0 Å². The maximum Gasteiger partial charge on any atom is 0.102 e. The number of hydrogen-bond donors (Lipinski definition) is 1. The Morgan fingerprint density at radius 3 is 2.85 bits per heavy atom. The molecule has 2 heteroatoms. The number of aliphatic hydroxyl groups is 1. The van der Waals surface area contributed by atoms with Crippen LogP contribution in [0.2, 0.25) is 0 Å². The number of thiophene rings is 1. The van der Waals surface area contributed by atoms with E-state index in [9.17, 15) is 5.11 Å². The zero-order valence-corrected chi connectivity index (χ0v) is 8.60. The van der Waals surface area contributed by atoms with Crippen molar-refractivity contribution in [2.24, 2.45) is 11.8 Å². The largest absolute Gasteiger partial charge is 0.384 e. The van der Waals surface area contributed by atoms with Gasteiger partial charge >= 0.3 is 0 Å². The maximum atomic E-state index is 10.5.